The van der Waals surface area contributed by atoms with Crippen molar-refractivity contribution in [1.82, 2.24) is 9.88 Å². The van der Waals surface area contributed by atoms with E-state index >= 15 is 0 Å². The van der Waals surface area contributed by atoms with Crippen molar-refractivity contribution in [3.8, 4) is 5.69 Å². The zero-order chi connectivity index (χ0) is 21.0. The van der Waals surface area contributed by atoms with Crippen molar-refractivity contribution in [2.45, 2.75) is 45.2 Å². The highest BCUT2D eigenvalue weighted by Crippen LogP contribution is 2.30. The third-order valence-corrected chi connectivity index (χ3v) is 5.07. The number of benzene rings is 1. The number of aromatic nitrogens is 1. The average Bonchev–Trinajstić information content (AvgIpc) is 2.68. The van der Waals surface area contributed by atoms with Gasteiger partial charge in [-0.1, -0.05) is 17.7 Å². The monoisotopic (exact) mass is 404 g/mol. The Labute approximate surface area is 167 Å². The maximum atomic E-state index is 13.0. The van der Waals surface area contributed by atoms with E-state index in [0.717, 1.165) is 42.4 Å². The summed E-state index contributed by atoms with van der Waals surface area (Å²) in [5.74, 6) is -0.521. The minimum Gasteiger partial charge on any atom is -0.352 e. The summed E-state index contributed by atoms with van der Waals surface area (Å²) in [6, 6.07) is 7.48. The van der Waals surface area contributed by atoms with E-state index in [4.69, 9.17) is 0 Å². The number of nitrogens with one attached hydrogen (secondary N) is 1. The van der Waals surface area contributed by atoms with E-state index < -0.39 is 23.2 Å². The van der Waals surface area contributed by atoms with Crippen LogP contribution in [0.1, 0.15) is 53.7 Å². The third-order valence-electron chi connectivity index (χ3n) is 5.07. The first-order valence-corrected chi connectivity index (χ1v) is 9.64. The van der Waals surface area contributed by atoms with Crippen molar-refractivity contribution in [2.24, 2.45) is 0 Å². The molecule has 0 fully saturated rings. The molecule has 0 saturated heterocycles. The fourth-order valence-corrected chi connectivity index (χ4v) is 3.51. The van der Waals surface area contributed by atoms with E-state index in [9.17, 15) is 22.8 Å². The van der Waals surface area contributed by atoms with Crippen LogP contribution in [0.5, 0.6) is 0 Å². The van der Waals surface area contributed by atoms with Crippen LogP contribution in [0.2, 0.25) is 0 Å². The molecule has 2 aromatic rings. The van der Waals surface area contributed by atoms with Crippen molar-refractivity contribution >= 4 is 5.91 Å². The average molecular weight is 404 g/mol. The van der Waals surface area contributed by atoms with Gasteiger partial charge in [-0.25, -0.2) is 0 Å². The van der Waals surface area contributed by atoms with Crippen LogP contribution in [0.4, 0.5) is 13.2 Å². The largest absolute Gasteiger partial charge is 0.416 e. The molecular weight excluding hydrogens is 381 g/mol. The molecule has 7 heteroatoms. The van der Waals surface area contributed by atoms with Gasteiger partial charge in [-0.05, 0) is 69.4 Å². The van der Waals surface area contributed by atoms with Crippen LogP contribution in [0.25, 0.3) is 5.69 Å². The summed E-state index contributed by atoms with van der Waals surface area (Å²) in [6.45, 7) is 2.03. The summed E-state index contributed by atoms with van der Waals surface area (Å²) >= 11 is 0. The van der Waals surface area contributed by atoms with Crippen LogP contribution in [-0.4, -0.2) is 17.0 Å². The highest BCUT2D eigenvalue weighted by molar-refractivity contribution is 5.93. The van der Waals surface area contributed by atoms with Crippen molar-refractivity contribution in [3.05, 3.63) is 75.2 Å². The predicted molar refractivity (Wildman–Crippen MR) is 105 cm³/mol. The fourth-order valence-electron chi connectivity index (χ4n) is 3.51. The molecule has 0 spiro atoms. The molecule has 1 amide bonds. The van der Waals surface area contributed by atoms with Gasteiger partial charge in [-0.2, -0.15) is 13.2 Å². The van der Waals surface area contributed by atoms with Crippen LogP contribution in [0.15, 0.2) is 52.8 Å². The molecule has 1 aromatic carbocycles. The first kappa shape index (κ1) is 20.9. The lowest BCUT2D eigenvalue weighted by molar-refractivity contribution is -0.137. The quantitative estimate of drug-likeness (QED) is 0.729. The number of carbonyl (C=O) groups excluding carboxylic acids is 1. The van der Waals surface area contributed by atoms with Crippen molar-refractivity contribution in [2.75, 3.05) is 6.54 Å². The number of aryl methyl sites for hydroxylation is 1. The van der Waals surface area contributed by atoms with E-state index in [1.165, 1.54) is 30.2 Å². The molecule has 1 N–H and O–H groups in total. The molecule has 3 rings (SSSR count). The second-order valence-electron chi connectivity index (χ2n) is 7.19. The van der Waals surface area contributed by atoms with Gasteiger partial charge < -0.3 is 5.32 Å². The molecule has 0 unspecified atom stereocenters. The Morgan fingerprint density at radius 2 is 1.97 bits per heavy atom. The smallest absolute Gasteiger partial charge is 0.352 e. The topological polar surface area (TPSA) is 51.1 Å². The van der Waals surface area contributed by atoms with Gasteiger partial charge in [0, 0.05) is 17.9 Å². The number of pyridine rings is 1. The fraction of sp³-hybridized carbons (Fsp3) is 0.364. The number of alkyl halides is 3. The molecule has 0 atom stereocenters. The lowest BCUT2D eigenvalue weighted by Crippen LogP contribution is -2.33. The van der Waals surface area contributed by atoms with E-state index in [2.05, 4.69) is 11.4 Å². The maximum Gasteiger partial charge on any atom is 0.416 e. The van der Waals surface area contributed by atoms with Gasteiger partial charge in [0.15, 0.2) is 0 Å². The van der Waals surface area contributed by atoms with E-state index in [1.54, 1.807) is 13.0 Å². The van der Waals surface area contributed by atoms with Gasteiger partial charge in [0.1, 0.15) is 5.56 Å². The van der Waals surface area contributed by atoms with Gasteiger partial charge in [0.25, 0.3) is 11.5 Å². The summed E-state index contributed by atoms with van der Waals surface area (Å²) in [7, 11) is 0. The highest BCUT2D eigenvalue weighted by Gasteiger charge is 2.30. The van der Waals surface area contributed by atoms with Crippen molar-refractivity contribution in [1.29, 1.82) is 0 Å². The minimum atomic E-state index is -4.52. The molecule has 0 saturated carbocycles. The van der Waals surface area contributed by atoms with Gasteiger partial charge in [0.05, 0.1) is 5.56 Å². The lowest BCUT2D eigenvalue weighted by atomic mass is 9.97. The second kappa shape index (κ2) is 8.68. The number of allylic oxidation sites excluding steroid dienone is 1. The summed E-state index contributed by atoms with van der Waals surface area (Å²) < 4.78 is 40.2. The first-order valence-electron chi connectivity index (χ1n) is 9.64. The Hall–Kier alpha value is -2.83. The zero-order valence-corrected chi connectivity index (χ0v) is 16.2. The molecule has 4 nitrogen and oxygen atoms in total. The molecular formula is C22H23F3N2O2. The minimum absolute atomic E-state index is 0.0735. The van der Waals surface area contributed by atoms with Crippen LogP contribution in [0, 0.1) is 6.92 Å². The number of rotatable bonds is 5. The number of nitrogens with zero attached hydrogens (tertiary/aromatic N) is 1. The Morgan fingerprint density at radius 3 is 2.66 bits per heavy atom. The standard InChI is InChI=1S/C22H23F3N2O2/c1-15-10-11-19(20(28)26-13-12-16-6-3-2-4-7-16)21(29)27(15)18-9-5-8-17(14-18)22(23,24)25/h5-6,8-11,14H,2-4,7,12-13H2,1H3,(H,26,28). The normalized spacial score (nSPS) is 14.4. The van der Waals surface area contributed by atoms with Gasteiger partial charge in [-0.3, -0.25) is 14.2 Å². The summed E-state index contributed by atoms with van der Waals surface area (Å²) in [6.07, 6.45) is 2.84. The lowest BCUT2D eigenvalue weighted by Gasteiger charge is -2.15. The Morgan fingerprint density at radius 1 is 1.17 bits per heavy atom. The number of hydrogen-bond donors (Lipinski definition) is 1. The number of hydrogen-bond acceptors (Lipinski definition) is 2. The molecule has 1 aliphatic rings. The molecule has 0 aliphatic heterocycles. The van der Waals surface area contributed by atoms with E-state index in [1.807, 2.05) is 0 Å². The second-order valence-corrected chi connectivity index (χ2v) is 7.19. The van der Waals surface area contributed by atoms with Crippen molar-refractivity contribution < 1.29 is 18.0 Å². The van der Waals surface area contributed by atoms with Crippen LogP contribution >= 0.6 is 0 Å². The predicted octanol–water partition coefficient (Wildman–Crippen LogP) is 4.79. The first-order chi connectivity index (χ1) is 13.8. The van der Waals surface area contributed by atoms with Crippen LogP contribution < -0.4 is 10.9 Å². The molecule has 0 bridgehead atoms. The highest BCUT2D eigenvalue weighted by atomic mass is 19.4. The van der Waals surface area contributed by atoms with E-state index in [0.29, 0.717) is 12.2 Å². The Kier molecular flexibility index (Phi) is 6.25. The van der Waals surface area contributed by atoms with Crippen molar-refractivity contribution in [3.63, 3.8) is 0 Å². The number of amides is 1. The molecule has 154 valence electrons. The third kappa shape index (κ3) is 4.96. The summed E-state index contributed by atoms with van der Waals surface area (Å²) in [4.78, 5) is 25.4. The van der Waals surface area contributed by atoms with Gasteiger partial charge >= 0.3 is 6.18 Å². The molecule has 1 aliphatic carbocycles. The Balaban J connectivity index is 1.83. The number of carbonyl (C=O) groups is 1. The Bertz CT molecular complexity index is 990. The zero-order valence-electron chi connectivity index (χ0n) is 16.2. The van der Waals surface area contributed by atoms with Gasteiger partial charge in [0.2, 0.25) is 0 Å². The molecule has 0 radical (unpaired) electrons. The maximum absolute atomic E-state index is 13.0. The summed E-state index contributed by atoms with van der Waals surface area (Å²) in [5.41, 5.74) is 0.241. The van der Waals surface area contributed by atoms with Gasteiger partial charge in [-0.15, -0.1) is 0 Å². The number of halogens is 3. The summed E-state index contributed by atoms with van der Waals surface area (Å²) in [5, 5.41) is 2.75. The molecule has 1 heterocycles. The van der Waals surface area contributed by atoms with Crippen LogP contribution in [-0.2, 0) is 6.18 Å². The SMILES string of the molecule is Cc1ccc(C(=O)NCCC2=CCCCC2)c(=O)n1-c1cccc(C(F)(F)F)c1. The molecule has 29 heavy (non-hydrogen) atoms. The van der Waals surface area contributed by atoms with Crippen LogP contribution in [0.3, 0.4) is 0 Å². The molecule has 1 aromatic heterocycles. The van der Waals surface area contributed by atoms with E-state index in [-0.39, 0.29) is 11.3 Å².